The Morgan fingerprint density at radius 3 is 2.67 bits per heavy atom. The molecule has 2 aliphatic heterocycles. The lowest BCUT2D eigenvalue weighted by Crippen LogP contribution is -2.55. The van der Waals surface area contributed by atoms with Crippen LogP contribution in [0.2, 0.25) is 5.02 Å². The lowest BCUT2D eigenvalue weighted by Gasteiger charge is -2.41. The summed E-state index contributed by atoms with van der Waals surface area (Å²) < 4.78 is 14.3. The molecule has 1 atom stereocenters. The van der Waals surface area contributed by atoms with Crippen LogP contribution in [0.4, 0.5) is 10.1 Å². The third-order valence-electron chi connectivity index (χ3n) is 7.40. The average Bonchev–Trinajstić information content (AvgIpc) is 3.15. The molecule has 1 fully saturated rings. The number of nitrogens with one attached hydrogen (secondary N) is 2. The van der Waals surface area contributed by atoms with Gasteiger partial charge in [-0.2, -0.15) is 4.48 Å². The molecule has 0 spiro atoms. The Morgan fingerprint density at radius 2 is 1.85 bits per heavy atom. The van der Waals surface area contributed by atoms with Crippen molar-refractivity contribution < 1.29 is 18.5 Å². The smallest absolute Gasteiger partial charge is 0.357 e. The van der Waals surface area contributed by atoms with Gasteiger partial charge in [0, 0.05) is 29.3 Å². The van der Waals surface area contributed by atoms with Gasteiger partial charge in [0.15, 0.2) is 5.70 Å². The quantitative estimate of drug-likeness (QED) is 0.324. The van der Waals surface area contributed by atoms with E-state index in [0.717, 1.165) is 40.5 Å². The lowest BCUT2D eigenvalue weighted by atomic mass is 9.98. The molecule has 8 heteroatoms. The second-order valence-electron chi connectivity index (χ2n) is 9.75. The molecule has 2 N–H and O–H groups in total. The first-order chi connectivity index (χ1) is 19.5. The maximum Gasteiger partial charge on any atom is 0.357 e. The highest BCUT2D eigenvalue weighted by molar-refractivity contribution is 7.99. The fourth-order valence-electron chi connectivity index (χ4n) is 5.45. The van der Waals surface area contributed by atoms with Gasteiger partial charge in [0.25, 0.3) is 5.91 Å². The van der Waals surface area contributed by atoms with Crippen molar-refractivity contribution in [2.75, 3.05) is 23.4 Å². The largest absolute Gasteiger partial charge is 0.363 e. The van der Waals surface area contributed by atoms with Crippen LogP contribution < -0.4 is 10.6 Å². The number of carbonyl (C=O) groups excluding carboxylic acids is 2. The number of thioether (sulfide) groups is 1. The highest BCUT2D eigenvalue weighted by Crippen LogP contribution is 2.42. The van der Waals surface area contributed by atoms with Crippen LogP contribution in [0, 0.1) is 5.82 Å². The van der Waals surface area contributed by atoms with Crippen LogP contribution in [0.25, 0.3) is 11.1 Å². The fraction of sp³-hybridized carbons (Fsp3) is 0.125. The van der Waals surface area contributed by atoms with Gasteiger partial charge < -0.3 is 10.6 Å². The van der Waals surface area contributed by atoms with Crippen LogP contribution in [0.3, 0.4) is 0 Å². The lowest BCUT2D eigenvalue weighted by molar-refractivity contribution is -0.766. The van der Waals surface area contributed by atoms with Crippen LogP contribution in [-0.4, -0.2) is 34.3 Å². The zero-order chi connectivity index (χ0) is 27.7. The van der Waals surface area contributed by atoms with Gasteiger partial charge in [-0.3, -0.25) is 4.79 Å². The summed E-state index contributed by atoms with van der Waals surface area (Å²) >= 11 is 8.54. The van der Waals surface area contributed by atoms with Crippen molar-refractivity contribution in [3.63, 3.8) is 0 Å². The molecule has 1 aliphatic carbocycles. The molecule has 3 aromatic rings. The third-order valence-corrected chi connectivity index (χ3v) is 8.69. The highest BCUT2D eigenvalue weighted by Gasteiger charge is 2.50. The van der Waals surface area contributed by atoms with Gasteiger partial charge in [-0.05, 0) is 47.9 Å². The molecule has 1 unspecified atom stereocenters. The molecule has 0 radical (unpaired) electrons. The van der Waals surface area contributed by atoms with Crippen LogP contribution in [0.15, 0.2) is 114 Å². The van der Waals surface area contributed by atoms with E-state index >= 15 is 0 Å². The van der Waals surface area contributed by atoms with Crippen molar-refractivity contribution in [3.8, 4) is 11.1 Å². The summed E-state index contributed by atoms with van der Waals surface area (Å²) in [6.45, 7) is 0.616. The van der Waals surface area contributed by atoms with Gasteiger partial charge in [-0.1, -0.05) is 60.2 Å². The van der Waals surface area contributed by atoms with Crippen molar-refractivity contribution in [1.82, 2.24) is 5.32 Å². The van der Waals surface area contributed by atoms with Crippen LogP contribution in [0.5, 0.6) is 0 Å². The summed E-state index contributed by atoms with van der Waals surface area (Å²) in [5.74, 6) is 0.474. The molecule has 0 saturated carbocycles. The molecule has 200 valence electrons. The van der Waals surface area contributed by atoms with Crippen molar-refractivity contribution >= 4 is 40.9 Å². The number of amides is 2. The molecule has 2 heterocycles. The molecule has 6 rings (SSSR count). The van der Waals surface area contributed by atoms with Crippen LogP contribution in [-0.2, 0) is 0 Å². The number of halogens is 2. The molecule has 1 saturated heterocycles. The Labute approximate surface area is 241 Å². The number of hydrogen-bond donors (Lipinski definition) is 2. The first kappa shape index (κ1) is 26.3. The number of rotatable bonds is 4. The van der Waals surface area contributed by atoms with Crippen molar-refractivity contribution in [3.05, 3.63) is 136 Å². The topological polar surface area (TPSA) is 58.2 Å². The van der Waals surface area contributed by atoms with E-state index in [9.17, 15) is 14.0 Å². The summed E-state index contributed by atoms with van der Waals surface area (Å²) in [6.07, 6.45) is 10.7. The van der Waals surface area contributed by atoms with Crippen molar-refractivity contribution in [2.24, 2.45) is 0 Å². The number of carbonyl (C=O) groups is 2. The normalized spacial score (nSPS) is 19.6. The van der Waals surface area contributed by atoms with Gasteiger partial charge in [-0.15, -0.1) is 11.8 Å². The van der Waals surface area contributed by atoms with Gasteiger partial charge in [0.05, 0.1) is 28.1 Å². The molecule has 3 aromatic carbocycles. The van der Waals surface area contributed by atoms with E-state index in [1.54, 1.807) is 36.0 Å². The first-order valence-electron chi connectivity index (χ1n) is 13.0. The maximum atomic E-state index is 14.4. The zero-order valence-electron chi connectivity index (χ0n) is 21.5. The summed E-state index contributed by atoms with van der Waals surface area (Å²) in [5.41, 5.74) is 5.41. The Bertz CT molecular complexity index is 1650. The van der Waals surface area contributed by atoms with E-state index in [1.807, 2.05) is 54.9 Å². The predicted octanol–water partition coefficient (Wildman–Crippen LogP) is 7.27. The number of anilines is 1. The number of nitrogens with zero attached hydrogens (tertiary/aromatic N) is 1. The standard InChI is InChI=1S/C32H25ClFN3O2S/c33-29-17-24(36-31(38)28-16-23(34)10-12-26(28)21-6-2-1-3-7-21)11-13-27(29)32(39)37-14-15-40-20-25(37)19-35-18-22-8-4-5-9-30(22)37/h1-7,9-13,16-19,35H,8,14-15,20H2/p+1. The minimum Gasteiger partial charge on any atom is -0.363 e. The second-order valence-corrected chi connectivity index (χ2v) is 11.3. The molecule has 3 aliphatic rings. The van der Waals surface area contributed by atoms with E-state index < -0.39 is 11.7 Å². The number of benzene rings is 3. The summed E-state index contributed by atoms with van der Waals surface area (Å²) in [4.78, 5) is 27.7. The molecule has 0 bridgehead atoms. The van der Waals surface area contributed by atoms with E-state index in [0.29, 0.717) is 23.4 Å². The molecular weight excluding hydrogens is 545 g/mol. The van der Waals surface area contributed by atoms with Gasteiger partial charge in [0.1, 0.15) is 18.1 Å². The summed E-state index contributed by atoms with van der Waals surface area (Å²) in [6, 6.07) is 18.4. The minimum absolute atomic E-state index is 0.0886. The Hall–Kier alpha value is -3.91. The Kier molecular flexibility index (Phi) is 7.19. The molecule has 40 heavy (non-hydrogen) atoms. The Morgan fingerprint density at radius 1 is 1.00 bits per heavy atom. The van der Waals surface area contributed by atoms with Gasteiger partial charge in [0.2, 0.25) is 0 Å². The summed E-state index contributed by atoms with van der Waals surface area (Å²) in [7, 11) is 0. The average molecular weight is 571 g/mol. The number of allylic oxidation sites excluding steroid dienone is 4. The molecule has 5 nitrogen and oxygen atoms in total. The Balaban J connectivity index is 1.32. The SMILES string of the molecule is O=C(Nc1ccc(C(=O)[N+]23CCSCC2=CNC=C2CC=CC=C23)c(Cl)c1)c1cc(F)ccc1-c1ccccc1. The number of quaternary nitrogens is 1. The van der Waals surface area contributed by atoms with Gasteiger partial charge >= 0.3 is 5.91 Å². The van der Waals surface area contributed by atoms with Crippen molar-refractivity contribution in [1.29, 1.82) is 0 Å². The van der Waals surface area contributed by atoms with E-state index in [-0.39, 0.29) is 21.0 Å². The van der Waals surface area contributed by atoms with Gasteiger partial charge in [-0.25, -0.2) is 9.18 Å². The first-order valence-corrected chi connectivity index (χ1v) is 14.5. The van der Waals surface area contributed by atoms with E-state index in [1.165, 1.54) is 12.1 Å². The molecule has 2 amide bonds. The van der Waals surface area contributed by atoms with Crippen LogP contribution in [0.1, 0.15) is 27.1 Å². The highest BCUT2D eigenvalue weighted by atomic mass is 35.5. The van der Waals surface area contributed by atoms with Crippen molar-refractivity contribution in [2.45, 2.75) is 6.42 Å². The monoisotopic (exact) mass is 570 g/mol. The second kappa shape index (κ2) is 10.9. The van der Waals surface area contributed by atoms with E-state index in [4.69, 9.17) is 11.6 Å². The van der Waals surface area contributed by atoms with Crippen LogP contribution >= 0.6 is 23.4 Å². The number of hydrogen-bond acceptors (Lipinski definition) is 4. The third kappa shape index (κ3) is 4.70. The number of fused-ring (bicyclic) bond motifs is 3. The molecular formula is C32H26ClFN3O2S+. The van der Waals surface area contributed by atoms with E-state index in [2.05, 4.69) is 16.7 Å². The summed E-state index contributed by atoms with van der Waals surface area (Å²) in [5, 5.41) is 6.34. The predicted molar refractivity (Wildman–Crippen MR) is 159 cm³/mol. The zero-order valence-corrected chi connectivity index (χ0v) is 23.1. The minimum atomic E-state index is -0.506. The fourth-order valence-corrected chi connectivity index (χ4v) is 6.78. The maximum absolute atomic E-state index is 14.4. The molecule has 0 aromatic heterocycles.